The standard InChI is InChI=1S/C12H18N4O/c1-16-6-2-3-10(9-16)12(17)15-8-11-7-13-4-5-14-11/h4-5,7,10H,2-3,6,8-9H2,1H3,(H,15,17)/t10-/m1/s1. The van der Waals surface area contributed by atoms with Gasteiger partial charge in [-0.25, -0.2) is 0 Å². The van der Waals surface area contributed by atoms with Gasteiger partial charge in [-0.3, -0.25) is 14.8 Å². The number of aromatic nitrogens is 2. The third-order valence-electron chi connectivity index (χ3n) is 3.06. The highest BCUT2D eigenvalue weighted by atomic mass is 16.1. The minimum atomic E-state index is 0.116. The topological polar surface area (TPSA) is 58.1 Å². The van der Waals surface area contributed by atoms with E-state index < -0.39 is 0 Å². The third-order valence-corrected chi connectivity index (χ3v) is 3.06. The average molecular weight is 234 g/mol. The lowest BCUT2D eigenvalue weighted by Gasteiger charge is -2.28. The summed E-state index contributed by atoms with van der Waals surface area (Å²) in [6.07, 6.45) is 7.01. The van der Waals surface area contributed by atoms with E-state index in [9.17, 15) is 4.79 Å². The first-order valence-corrected chi connectivity index (χ1v) is 5.97. The summed E-state index contributed by atoms with van der Waals surface area (Å²) in [4.78, 5) is 22.2. The first-order chi connectivity index (χ1) is 8.25. The smallest absolute Gasteiger partial charge is 0.224 e. The van der Waals surface area contributed by atoms with Gasteiger partial charge in [0.15, 0.2) is 0 Å². The number of likely N-dealkylation sites (tertiary alicyclic amines) is 1. The predicted molar refractivity (Wildman–Crippen MR) is 64.1 cm³/mol. The van der Waals surface area contributed by atoms with Crippen molar-refractivity contribution in [1.29, 1.82) is 0 Å². The molecule has 0 aromatic carbocycles. The number of carbonyl (C=O) groups excluding carboxylic acids is 1. The zero-order valence-electron chi connectivity index (χ0n) is 10.1. The molecule has 0 radical (unpaired) electrons. The van der Waals surface area contributed by atoms with Gasteiger partial charge in [-0.1, -0.05) is 0 Å². The Morgan fingerprint density at radius 1 is 1.59 bits per heavy atom. The van der Waals surface area contributed by atoms with E-state index in [1.54, 1.807) is 18.6 Å². The van der Waals surface area contributed by atoms with Crippen LogP contribution in [0.4, 0.5) is 0 Å². The van der Waals surface area contributed by atoms with Crippen LogP contribution in [0.3, 0.4) is 0 Å². The molecule has 1 N–H and O–H groups in total. The highest BCUT2D eigenvalue weighted by Crippen LogP contribution is 2.14. The molecule has 17 heavy (non-hydrogen) atoms. The fraction of sp³-hybridized carbons (Fsp3) is 0.583. The Labute approximate surface area is 101 Å². The van der Waals surface area contributed by atoms with Gasteiger partial charge in [-0.15, -0.1) is 0 Å². The lowest BCUT2D eigenvalue weighted by atomic mass is 9.97. The fourth-order valence-corrected chi connectivity index (χ4v) is 2.12. The number of rotatable bonds is 3. The van der Waals surface area contributed by atoms with Crippen LogP contribution in [0.2, 0.25) is 0 Å². The van der Waals surface area contributed by atoms with Gasteiger partial charge in [-0.2, -0.15) is 0 Å². The van der Waals surface area contributed by atoms with Crippen LogP contribution >= 0.6 is 0 Å². The van der Waals surface area contributed by atoms with Crippen molar-refractivity contribution in [2.75, 3.05) is 20.1 Å². The van der Waals surface area contributed by atoms with Gasteiger partial charge in [0.05, 0.1) is 24.4 Å². The lowest BCUT2D eigenvalue weighted by Crippen LogP contribution is -2.41. The Morgan fingerprint density at radius 3 is 3.18 bits per heavy atom. The summed E-state index contributed by atoms with van der Waals surface area (Å²) in [5.41, 5.74) is 0.796. The van der Waals surface area contributed by atoms with Crippen LogP contribution in [0, 0.1) is 5.92 Å². The van der Waals surface area contributed by atoms with E-state index in [0.29, 0.717) is 6.54 Å². The maximum absolute atomic E-state index is 11.9. The second-order valence-electron chi connectivity index (χ2n) is 4.52. The van der Waals surface area contributed by atoms with E-state index in [4.69, 9.17) is 0 Å². The largest absolute Gasteiger partial charge is 0.350 e. The molecule has 1 fully saturated rings. The van der Waals surface area contributed by atoms with Crippen molar-refractivity contribution in [3.8, 4) is 0 Å². The van der Waals surface area contributed by atoms with Crippen LogP contribution in [-0.2, 0) is 11.3 Å². The molecule has 5 nitrogen and oxygen atoms in total. The number of nitrogens with one attached hydrogen (secondary N) is 1. The zero-order valence-corrected chi connectivity index (χ0v) is 10.1. The molecular weight excluding hydrogens is 216 g/mol. The molecule has 1 aromatic rings. The molecular formula is C12H18N4O. The number of hydrogen-bond acceptors (Lipinski definition) is 4. The minimum Gasteiger partial charge on any atom is -0.350 e. The van der Waals surface area contributed by atoms with E-state index >= 15 is 0 Å². The van der Waals surface area contributed by atoms with Gasteiger partial charge in [0, 0.05) is 18.9 Å². The summed E-state index contributed by atoms with van der Waals surface area (Å²) in [6.45, 7) is 2.41. The molecule has 1 aliphatic heterocycles. The monoisotopic (exact) mass is 234 g/mol. The summed E-state index contributed by atoms with van der Waals surface area (Å²) >= 11 is 0. The third kappa shape index (κ3) is 3.49. The minimum absolute atomic E-state index is 0.116. The van der Waals surface area contributed by atoms with Crippen LogP contribution in [-0.4, -0.2) is 40.9 Å². The molecule has 92 valence electrons. The Morgan fingerprint density at radius 2 is 2.47 bits per heavy atom. The fourth-order valence-electron chi connectivity index (χ4n) is 2.12. The first kappa shape index (κ1) is 12.0. The van der Waals surface area contributed by atoms with Gasteiger partial charge in [0.1, 0.15) is 0 Å². The van der Waals surface area contributed by atoms with Crippen molar-refractivity contribution >= 4 is 5.91 Å². The molecule has 1 aromatic heterocycles. The Kier molecular flexibility index (Phi) is 4.03. The summed E-state index contributed by atoms with van der Waals surface area (Å²) in [6, 6.07) is 0. The average Bonchev–Trinajstić information content (AvgIpc) is 2.37. The summed E-state index contributed by atoms with van der Waals surface area (Å²) < 4.78 is 0. The summed E-state index contributed by atoms with van der Waals surface area (Å²) in [5.74, 6) is 0.243. The van der Waals surface area contributed by atoms with Crippen LogP contribution in [0.5, 0.6) is 0 Å². The zero-order chi connectivity index (χ0) is 12.1. The molecule has 1 aliphatic rings. The van der Waals surface area contributed by atoms with E-state index in [-0.39, 0.29) is 11.8 Å². The van der Waals surface area contributed by atoms with Crippen LogP contribution in [0.25, 0.3) is 0 Å². The molecule has 0 aliphatic carbocycles. The van der Waals surface area contributed by atoms with E-state index in [2.05, 4.69) is 27.2 Å². The molecule has 0 bridgehead atoms. The highest BCUT2D eigenvalue weighted by molar-refractivity contribution is 5.78. The van der Waals surface area contributed by atoms with Crippen molar-refractivity contribution in [1.82, 2.24) is 20.2 Å². The molecule has 1 saturated heterocycles. The molecule has 0 unspecified atom stereocenters. The van der Waals surface area contributed by atoms with Crippen molar-refractivity contribution in [2.24, 2.45) is 5.92 Å². The molecule has 1 amide bonds. The Bertz CT molecular complexity index is 368. The van der Waals surface area contributed by atoms with Crippen molar-refractivity contribution in [2.45, 2.75) is 19.4 Å². The molecule has 0 saturated carbocycles. The van der Waals surface area contributed by atoms with E-state index in [0.717, 1.165) is 31.6 Å². The lowest BCUT2D eigenvalue weighted by molar-refractivity contribution is -0.126. The number of amides is 1. The van der Waals surface area contributed by atoms with Gasteiger partial charge in [-0.05, 0) is 26.4 Å². The summed E-state index contributed by atoms with van der Waals surface area (Å²) in [5, 5.41) is 2.92. The van der Waals surface area contributed by atoms with Crippen LogP contribution in [0.1, 0.15) is 18.5 Å². The second-order valence-corrected chi connectivity index (χ2v) is 4.52. The Balaban J connectivity index is 1.81. The SMILES string of the molecule is CN1CCC[C@@H](C(=O)NCc2cnccn2)C1. The first-order valence-electron chi connectivity index (χ1n) is 5.97. The number of piperidine rings is 1. The van der Waals surface area contributed by atoms with E-state index in [1.165, 1.54) is 0 Å². The van der Waals surface area contributed by atoms with Crippen molar-refractivity contribution < 1.29 is 4.79 Å². The predicted octanol–water partition coefficient (Wildman–Crippen LogP) is 0.435. The molecule has 5 heteroatoms. The van der Waals surface area contributed by atoms with Gasteiger partial charge in [0.25, 0.3) is 0 Å². The maximum atomic E-state index is 11.9. The number of carbonyl (C=O) groups is 1. The molecule has 2 rings (SSSR count). The van der Waals surface area contributed by atoms with Gasteiger partial charge >= 0.3 is 0 Å². The molecule has 2 heterocycles. The normalized spacial score (nSPS) is 21.1. The van der Waals surface area contributed by atoms with Crippen molar-refractivity contribution in [3.05, 3.63) is 24.3 Å². The van der Waals surface area contributed by atoms with E-state index in [1.807, 2.05) is 0 Å². The van der Waals surface area contributed by atoms with Crippen LogP contribution < -0.4 is 5.32 Å². The number of hydrogen-bond donors (Lipinski definition) is 1. The highest BCUT2D eigenvalue weighted by Gasteiger charge is 2.23. The Hall–Kier alpha value is -1.49. The van der Waals surface area contributed by atoms with Crippen molar-refractivity contribution in [3.63, 3.8) is 0 Å². The van der Waals surface area contributed by atoms with Crippen LogP contribution in [0.15, 0.2) is 18.6 Å². The van der Waals surface area contributed by atoms with Gasteiger partial charge < -0.3 is 10.2 Å². The quantitative estimate of drug-likeness (QED) is 0.824. The molecule has 0 spiro atoms. The van der Waals surface area contributed by atoms with Gasteiger partial charge in [0.2, 0.25) is 5.91 Å². The number of nitrogens with zero attached hydrogens (tertiary/aromatic N) is 3. The summed E-state index contributed by atoms with van der Waals surface area (Å²) in [7, 11) is 2.06. The second kappa shape index (κ2) is 5.72. The maximum Gasteiger partial charge on any atom is 0.224 e. The molecule has 1 atom stereocenters.